The van der Waals surface area contributed by atoms with Crippen LogP contribution in [0, 0.1) is 18.8 Å². The van der Waals surface area contributed by atoms with E-state index in [4.69, 9.17) is 9.57 Å². The molecule has 0 spiro atoms. The molecule has 2 heterocycles. The van der Waals surface area contributed by atoms with Crippen LogP contribution in [0.25, 0.3) is 10.9 Å². The van der Waals surface area contributed by atoms with Crippen LogP contribution in [-0.4, -0.2) is 48.0 Å². The maximum atomic E-state index is 13.0. The zero-order chi connectivity index (χ0) is 27.7. The standard InChI is InChI=1S/C30H34N3O5S/c1-29(15-16-29)25-12-9-22(10-13-25)7-8-23-11-14-26-24(20-23)21-31-33(26)18-17-30(2,39(3,35)36)28(34)32-38-27-6-4-5-19-37-27/h9-14,20-21,27H,1,4-6,15-19H2,2-3H3,(H,32,34)/t27?,30-/m1/s1. The Morgan fingerprint density at radius 1 is 1.21 bits per heavy atom. The molecule has 2 atom stereocenters. The number of sulfone groups is 1. The van der Waals surface area contributed by atoms with Gasteiger partial charge in [-0.2, -0.15) is 5.10 Å². The van der Waals surface area contributed by atoms with Gasteiger partial charge in [0.1, 0.15) is 0 Å². The van der Waals surface area contributed by atoms with Crippen LogP contribution in [0.1, 0.15) is 62.1 Å². The predicted molar refractivity (Wildman–Crippen MR) is 149 cm³/mol. The highest BCUT2D eigenvalue weighted by atomic mass is 32.2. The highest BCUT2D eigenvalue weighted by Crippen LogP contribution is 2.47. The lowest BCUT2D eigenvalue weighted by Gasteiger charge is -2.28. The first-order chi connectivity index (χ1) is 18.6. The topological polar surface area (TPSA) is 99.5 Å². The van der Waals surface area contributed by atoms with Crippen molar-refractivity contribution < 1.29 is 22.8 Å². The molecule has 2 aromatic carbocycles. The van der Waals surface area contributed by atoms with E-state index in [0.717, 1.165) is 54.0 Å². The number of hydrogen-bond donors (Lipinski definition) is 1. The number of hydrogen-bond acceptors (Lipinski definition) is 6. The molecule has 1 saturated heterocycles. The first kappa shape index (κ1) is 27.4. The average Bonchev–Trinajstić information content (AvgIpc) is 3.56. The number of fused-ring (bicyclic) bond motifs is 1. The minimum atomic E-state index is -3.77. The molecule has 1 aliphatic carbocycles. The molecule has 5 rings (SSSR count). The van der Waals surface area contributed by atoms with E-state index >= 15 is 0 Å². The van der Waals surface area contributed by atoms with E-state index < -0.39 is 26.8 Å². The minimum absolute atomic E-state index is 0.0233. The van der Waals surface area contributed by atoms with Crippen LogP contribution in [0.15, 0.2) is 48.7 Å². The van der Waals surface area contributed by atoms with Crippen LogP contribution in [-0.2, 0) is 36.2 Å². The number of ether oxygens (including phenoxy) is 1. The minimum Gasteiger partial charge on any atom is -0.350 e. The normalized spacial score (nSPS) is 20.0. The Morgan fingerprint density at radius 3 is 2.59 bits per heavy atom. The van der Waals surface area contributed by atoms with Gasteiger partial charge in [-0.3, -0.25) is 9.48 Å². The Kier molecular flexibility index (Phi) is 7.55. The summed E-state index contributed by atoms with van der Waals surface area (Å²) in [5, 5.41) is 5.32. The number of aromatic nitrogens is 2. The summed E-state index contributed by atoms with van der Waals surface area (Å²) in [6.07, 6.45) is 7.02. The molecule has 205 valence electrons. The monoisotopic (exact) mass is 548 g/mol. The number of aryl methyl sites for hydroxylation is 1. The zero-order valence-electron chi connectivity index (χ0n) is 22.4. The summed E-state index contributed by atoms with van der Waals surface area (Å²) < 4.78 is 30.8. The number of nitrogens with one attached hydrogen (secondary N) is 1. The van der Waals surface area contributed by atoms with Crippen LogP contribution in [0.4, 0.5) is 0 Å². The Bertz CT molecular complexity index is 1520. The lowest BCUT2D eigenvalue weighted by molar-refractivity contribution is -0.201. The number of hydroxylamine groups is 1. The molecular weight excluding hydrogens is 514 g/mol. The molecular formula is C30H34N3O5S. The Labute approximate surface area is 229 Å². The third-order valence-electron chi connectivity index (χ3n) is 7.86. The van der Waals surface area contributed by atoms with Crippen molar-refractivity contribution in [2.75, 3.05) is 12.9 Å². The van der Waals surface area contributed by atoms with E-state index in [0.29, 0.717) is 13.0 Å². The van der Waals surface area contributed by atoms with Crippen LogP contribution < -0.4 is 5.48 Å². The summed E-state index contributed by atoms with van der Waals surface area (Å²) in [6.45, 7) is 6.47. The average molecular weight is 549 g/mol. The Hall–Kier alpha value is -3.19. The van der Waals surface area contributed by atoms with Crippen molar-refractivity contribution >= 4 is 26.6 Å². The summed E-state index contributed by atoms with van der Waals surface area (Å²) in [6, 6.07) is 14.1. The van der Waals surface area contributed by atoms with Gasteiger partial charge in [0.05, 0.1) is 11.7 Å². The highest BCUT2D eigenvalue weighted by molar-refractivity contribution is 7.92. The van der Waals surface area contributed by atoms with Gasteiger partial charge in [0, 0.05) is 42.3 Å². The van der Waals surface area contributed by atoms with Gasteiger partial charge in [0.2, 0.25) is 0 Å². The van der Waals surface area contributed by atoms with Gasteiger partial charge >= 0.3 is 0 Å². The SMILES string of the molecule is [CH2]C1(c2ccc(C#Cc3ccc4c(cnn4CC[C@](C)(C(=O)NOC4CCCCO4)S(C)(=O)=O)c3)cc2)CC1. The van der Waals surface area contributed by atoms with E-state index in [1.165, 1.54) is 12.5 Å². The molecule has 39 heavy (non-hydrogen) atoms. The van der Waals surface area contributed by atoms with Crippen molar-refractivity contribution in [3.63, 3.8) is 0 Å². The predicted octanol–water partition coefficient (Wildman–Crippen LogP) is 4.07. The maximum absolute atomic E-state index is 13.0. The second-order valence-corrected chi connectivity index (χ2v) is 13.3. The van der Waals surface area contributed by atoms with Gasteiger partial charge in [-0.15, -0.1) is 0 Å². The molecule has 8 nitrogen and oxygen atoms in total. The van der Waals surface area contributed by atoms with Crippen LogP contribution >= 0.6 is 0 Å². The number of carbonyl (C=O) groups excluding carboxylic acids is 1. The fourth-order valence-corrected chi connectivity index (χ4v) is 5.49. The van der Waals surface area contributed by atoms with Crippen molar-refractivity contribution in [1.29, 1.82) is 0 Å². The molecule has 1 radical (unpaired) electrons. The first-order valence-electron chi connectivity index (χ1n) is 13.3. The van der Waals surface area contributed by atoms with Gasteiger partial charge in [-0.05, 0) is 87.3 Å². The number of nitrogens with zero attached hydrogens (tertiary/aromatic N) is 2. The molecule has 1 N–H and O–H groups in total. The van der Waals surface area contributed by atoms with Crippen molar-refractivity contribution in [3.05, 3.63) is 72.3 Å². The molecule has 1 aromatic heterocycles. The molecule has 0 bridgehead atoms. The van der Waals surface area contributed by atoms with Gasteiger partial charge in [0.15, 0.2) is 20.9 Å². The second-order valence-electron chi connectivity index (χ2n) is 10.8. The fraction of sp³-hybridized carbons (Fsp3) is 0.433. The van der Waals surface area contributed by atoms with E-state index in [-0.39, 0.29) is 18.4 Å². The van der Waals surface area contributed by atoms with Crippen LogP contribution in [0.3, 0.4) is 0 Å². The highest BCUT2D eigenvalue weighted by Gasteiger charge is 2.44. The van der Waals surface area contributed by atoms with Crippen molar-refractivity contribution in [3.8, 4) is 11.8 Å². The van der Waals surface area contributed by atoms with Crippen LogP contribution in [0.2, 0.25) is 0 Å². The molecule has 1 unspecified atom stereocenters. The lowest BCUT2D eigenvalue weighted by atomic mass is 9.97. The molecule has 1 saturated carbocycles. The van der Waals surface area contributed by atoms with Gasteiger partial charge < -0.3 is 4.74 Å². The number of benzene rings is 2. The van der Waals surface area contributed by atoms with E-state index in [2.05, 4.69) is 41.5 Å². The molecule has 3 aromatic rings. The largest absolute Gasteiger partial charge is 0.350 e. The zero-order valence-corrected chi connectivity index (χ0v) is 23.2. The lowest BCUT2D eigenvalue weighted by Crippen LogP contribution is -2.51. The van der Waals surface area contributed by atoms with Gasteiger partial charge in [-0.25, -0.2) is 18.7 Å². The van der Waals surface area contributed by atoms with Crippen molar-refractivity contribution in [2.45, 2.75) is 68.4 Å². The van der Waals surface area contributed by atoms with E-state index in [1.54, 1.807) is 10.9 Å². The quantitative estimate of drug-likeness (QED) is 0.337. The van der Waals surface area contributed by atoms with Crippen molar-refractivity contribution in [1.82, 2.24) is 15.3 Å². The van der Waals surface area contributed by atoms with Gasteiger partial charge in [-0.1, -0.05) is 24.0 Å². The van der Waals surface area contributed by atoms with E-state index in [9.17, 15) is 13.2 Å². The number of amides is 1. The fourth-order valence-electron chi connectivity index (χ4n) is 4.65. The van der Waals surface area contributed by atoms with Gasteiger partial charge in [0.25, 0.3) is 5.91 Å². The summed E-state index contributed by atoms with van der Waals surface area (Å²) in [5.41, 5.74) is 6.30. The molecule has 2 aliphatic rings. The maximum Gasteiger partial charge on any atom is 0.264 e. The number of carbonyl (C=O) groups is 1. The molecule has 1 amide bonds. The Morgan fingerprint density at radius 2 is 1.92 bits per heavy atom. The number of rotatable bonds is 8. The third kappa shape index (κ3) is 6.03. The van der Waals surface area contributed by atoms with Crippen molar-refractivity contribution in [2.24, 2.45) is 0 Å². The molecule has 2 fully saturated rings. The second kappa shape index (κ2) is 10.8. The summed E-state index contributed by atoms with van der Waals surface area (Å²) in [7, 11) is -3.77. The third-order valence-corrected chi connectivity index (χ3v) is 9.89. The van der Waals surface area contributed by atoms with E-state index in [1.807, 2.05) is 30.3 Å². The molecule has 1 aliphatic heterocycles. The van der Waals surface area contributed by atoms with Crippen LogP contribution in [0.5, 0.6) is 0 Å². The summed E-state index contributed by atoms with van der Waals surface area (Å²) in [4.78, 5) is 18.3. The first-order valence-corrected chi connectivity index (χ1v) is 15.2. The summed E-state index contributed by atoms with van der Waals surface area (Å²) >= 11 is 0. The Balaban J connectivity index is 1.26. The smallest absolute Gasteiger partial charge is 0.264 e. The summed E-state index contributed by atoms with van der Waals surface area (Å²) in [5.74, 6) is 5.70. The molecule has 9 heteroatoms.